The van der Waals surface area contributed by atoms with Crippen LogP contribution >= 0.6 is 0 Å². The second kappa shape index (κ2) is 4.82. The zero-order valence-electron chi connectivity index (χ0n) is 9.46. The zero-order valence-corrected chi connectivity index (χ0v) is 9.46. The van der Waals surface area contributed by atoms with E-state index in [0.29, 0.717) is 5.75 Å². The van der Waals surface area contributed by atoms with Crippen molar-refractivity contribution in [2.75, 3.05) is 0 Å². The van der Waals surface area contributed by atoms with E-state index >= 15 is 0 Å². The van der Waals surface area contributed by atoms with Crippen molar-refractivity contribution in [2.24, 2.45) is 0 Å². The maximum Gasteiger partial charge on any atom is 0.307 e. The first-order valence-corrected chi connectivity index (χ1v) is 5.38. The van der Waals surface area contributed by atoms with Crippen LogP contribution in [0.4, 0.5) is 0 Å². The molecule has 1 heterocycles. The molecular formula is C13H13NO3. The van der Waals surface area contributed by atoms with Crippen LogP contribution in [0.25, 0.3) is 10.9 Å². The van der Waals surface area contributed by atoms with E-state index in [1.165, 1.54) is 0 Å². The second-order valence-corrected chi connectivity index (χ2v) is 3.88. The Labute approximate surface area is 98.9 Å². The molecule has 4 heteroatoms. The number of ether oxygens (including phenoxy) is 1. The number of carboxylic acid groups (broad SMARTS) is 1. The molecule has 17 heavy (non-hydrogen) atoms. The van der Waals surface area contributed by atoms with Crippen LogP contribution in [0.1, 0.15) is 13.3 Å². The molecule has 4 nitrogen and oxygen atoms in total. The summed E-state index contributed by atoms with van der Waals surface area (Å²) in [7, 11) is 0. The van der Waals surface area contributed by atoms with Crippen LogP contribution in [0.5, 0.6) is 5.75 Å². The predicted octanol–water partition coefficient (Wildman–Crippen LogP) is 2.48. The lowest BCUT2D eigenvalue weighted by atomic mass is 10.2. The monoisotopic (exact) mass is 231 g/mol. The number of aliphatic carboxylic acids is 1. The Bertz CT molecular complexity index is 539. The van der Waals surface area contributed by atoms with E-state index < -0.39 is 5.97 Å². The van der Waals surface area contributed by atoms with Gasteiger partial charge in [0, 0.05) is 17.6 Å². The SMILES string of the molecule is C[C@@H](CC(=O)O)Oc1ccc2cccnc2c1. The lowest BCUT2D eigenvalue weighted by molar-refractivity contribution is -0.138. The number of carboxylic acids is 1. The van der Waals surface area contributed by atoms with Crippen LogP contribution in [0.2, 0.25) is 0 Å². The number of rotatable bonds is 4. The van der Waals surface area contributed by atoms with Crippen molar-refractivity contribution in [3.8, 4) is 5.75 Å². The number of hydrogen-bond acceptors (Lipinski definition) is 3. The summed E-state index contributed by atoms with van der Waals surface area (Å²) in [5.41, 5.74) is 0.840. The summed E-state index contributed by atoms with van der Waals surface area (Å²) in [5, 5.41) is 9.67. The molecule has 88 valence electrons. The van der Waals surface area contributed by atoms with Crippen LogP contribution in [0.3, 0.4) is 0 Å². The Morgan fingerprint density at radius 2 is 2.29 bits per heavy atom. The average molecular weight is 231 g/mol. The molecule has 2 rings (SSSR count). The molecule has 1 N–H and O–H groups in total. The molecule has 0 unspecified atom stereocenters. The molecule has 0 bridgehead atoms. The molecule has 0 fully saturated rings. The smallest absolute Gasteiger partial charge is 0.307 e. The van der Waals surface area contributed by atoms with Gasteiger partial charge in [-0.15, -0.1) is 0 Å². The topological polar surface area (TPSA) is 59.4 Å². The van der Waals surface area contributed by atoms with Crippen molar-refractivity contribution in [2.45, 2.75) is 19.4 Å². The summed E-state index contributed by atoms with van der Waals surface area (Å²) in [6.07, 6.45) is 1.35. The van der Waals surface area contributed by atoms with Gasteiger partial charge >= 0.3 is 5.97 Å². The number of carbonyl (C=O) groups is 1. The van der Waals surface area contributed by atoms with Crippen molar-refractivity contribution in [3.63, 3.8) is 0 Å². The first-order chi connectivity index (χ1) is 8.15. The fourth-order valence-corrected chi connectivity index (χ4v) is 1.64. The normalized spacial score (nSPS) is 12.3. The highest BCUT2D eigenvalue weighted by atomic mass is 16.5. The third kappa shape index (κ3) is 2.93. The van der Waals surface area contributed by atoms with E-state index in [0.717, 1.165) is 10.9 Å². The van der Waals surface area contributed by atoms with Crippen LogP contribution in [-0.4, -0.2) is 22.2 Å². The number of fused-ring (bicyclic) bond motifs is 1. The summed E-state index contributed by atoms with van der Waals surface area (Å²) in [6.45, 7) is 1.73. The number of nitrogens with zero attached hydrogens (tertiary/aromatic N) is 1. The Balaban J connectivity index is 2.16. The lowest BCUT2D eigenvalue weighted by Gasteiger charge is -2.12. The summed E-state index contributed by atoms with van der Waals surface area (Å²) < 4.78 is 5.51. The fraction of sp³-hybridized carbons (Fsp3) is 0.231. The summed E-state index contributed by atoms with van der Waals surface area (Å²) in [4.78, 5) is 14.7. The van der Waals surface area contributed by atoms with E-state index in [2.05, 4.69) is 4.98 Å². The largest absolute Gasteiger partial charge is 0.490 e. The van der Waals surface area contributed by atoms with Gasteiger partial charge in [-0.3, -0.25) is 9.78 Å². The molecule has 0 amide bonds. The Hall–Kier alpha value is -2.10. The summed E-state index contributed by atoms with van der Waals surface area (Å²) in [6, 6.07) is 9.38. The van der Waals surface area contributed by atoms with Crippen LogP contribution in [-0.2, 0) is 4.79 Å². The minimum absolute atomic E-state index is 0.0136. The zero-order chi connectivity index (χ0) is 12.3. The van der Waals surface area contributed by atoms with Gasteiger partial charge in [0.2, 0.25) is 0 Å². The molecule has 0 aliphatic carbocycles. The number of aromatic nitrogens is 1. The second-order valence-electron chi connectivity index (χ2n) is 3.88. The molecule has 0 saturated heterocycles. The van der Waals surface area contributed by atoms with Gasteiger partial charge in [0.05, 0.1) is 11.9 Å². The van der Waals surface area contributed by atoms with Crippen molar-refractivity contribution in [1.82, 2.24) is 4.98 Å². The number of benzene rings is 1. The third-order valence-corrected chi connectivity index (χ3v) is 2.38. The molecule has 0 aliphatic heterocycles. The quantitative estimate of drug-likeness (QED) is 0.878. The minimum Gasteiger partial charge on any atom is -0.490 e. The minimum atomic E-state index is -0.864. The van der Waals surface area contributed by atoms with Gasteiger partial charge in [0.25, 0.3) is 0 Å². The average Bonchev–Trinajstić information content (AvgIpc) is 2.27. The van der Waals surface area contributed by atoms with Crippen molar-refractivity contribution in [3.05, 3.63) is 36.5 Å². The standard InChI is InChI=1S/C13H13NO3/c1-9(7-13(15)16)17-11-5-4-10-3-2-6-14-12(10)8-11/h2-6,8-9H,7H2,1H3,(H,15,16)/t9-/m0/s1. The van der Waals surface area contributed by atoms with Gasteiger partial charge in [-0.1, -0.05) is 6.07 Å². The fourth-order valence-electron chi connectivity index (χ4n) is 1.64. The highest BCUT2D eigenvalue weighted by Gasteiger charge is 2.09. The Morgan fingerprint density at radius 1 is 1.47 bits per heavy atom. The molecule has 0 radical (unpaired) electrons. The van der Waals surface area contributed by atoms with E-state index in [9.17, 15) is 4.79 Å². The molecule has 1 aromatic carbocycles. The van der Waals surface area contributed by atoms with E-state index in [-0.39, 0.29) is 12.5 Å². The van der Waals surface area contributed by atoms with Gasteiger partial charge < -0.3 is 9.84 Å². The van der Waals surface area contributed by atoms with Gasteiger partial charge in [0.15, 0.2) is 0 Å². The third-order valence-electron chi connectivity index (χ3n) is 2.38. The Morgan fingerprint density at radius 3 is 3.06 bits per heavy atom. The van der Waals surface area contributed by atoms with Gasteiger partial charge in [-0.05, 0) is 25.1 Å². The molecule has 1 atom stereocenters. The van der Waals surface area contributed by atoms with Crippen LogP contribution in [0.15, 0.2) is 36.5 Å². The molecular weight excluding hydrogens is 218 g/mol. The maximum atomic E-state index is 10.5. The van der Waals surface area contributed by atoms with Gasteiger partial charge in [-0.2, -0.15) is 0 Å². The Kier molecular flexibility index (Phi) is 3.23. The molecule has 2 aromatic rings. The van der Waals surface area contributed by atoms with Crippen molar-refractivity contribution < 1.29 is 14.6 Å². The van der Waals surface area contributed by atoms with Crippen molar-refractivity contribution in [1.29, 1.82) is 0 Å². The number of hydrogen-bond donors (Lipinski definition) is 1. The predicted molar refractivity (Wildman–Crippen MR) is 64.1 cm³/mol. The molecule has 0 saturated carbocycles. The van der Waals surface area contributed by atoms with Gasteiger partial charge in [0.1, 0.15) is 11.9 Å². The highest BCUT2D eigenvalue weighted by Crippen LogP contribution is 2.20. The molecule has 0 aliphatic rings. The lowest BCUT2D eigenvalue weighted by Crippen LogP contribution is -2.16. The highest BCUT2D eigenvalue weighted by molar-refractivity contribution is 5.79. The van der Waals surface area contributed by atoms with E-state index in [4.69, 9.17) is 9.84 Å². The van der Waals surface area contributed by atoms with E-state index in [1.807, 2.05) is 30.3 Å². The van der Waals surface area contributed by atoms with Crippen molar-refractivity contribution >= 4 is 16.9 Å². The molecule has 0 spiro atoms. The van der Waals surface area contributed by atoms with E-state index in [1.54, 1.807) is 13.1 Å². The van der Waals surface area contributed by atoms with Crippen LogP contribution < -0.4 is 4.74 Å². The molecule has 1 aromatic heterocycles. The van der Waals surface area contributed by atoms with Crippen LogP contribution in [0, 0.1) is 0 Å². The maximum absolute atomic E-state index is 10.5. The first kappa shape index (κ1) is 11.4. The van der Waals surface area contributed by atoms with Gasteiger partial charge in [-0.25, -0.2) is 0 Å². The summed E-state index contributed by atoms with van der Waals surface area (Å²) in [5.74, 6) is -0.221. The number of pyridine rings is 1. The first-order valence-electron chi connectivity index (χ1n) is 5.38. The summed E-state index contributed by atoms with van der Waals surface area (Å²) >= 11 is 0.